The number of carbonyl (C=O) groups excluding carboxylic acids is 6. The van der Waals surface area contributed by atoms with Crippen molar-refractivity contribution in [2.45, 2.75) is 167 Å². The molecule has 5 aliphatic rings. The van der Waals surface area contributed by atoms with Crippen LogP contribution < -0.4 is 15.5 Å². The Morgan fingerprint density at radius 3 is 2.34 bits per heavy atom. The monoisotopic (exact) mass is 1150 g/mol. The smallest absolute Gasteiger partial charge is 0.324 e. The Balaban J connectivity index is 1.00. The molecule has 6 bridgehead atoms. The number of pyridine rings is 1. The van der Waals surface area contributed by atoms with Crippen molar-refractivity contribution in [3.8, 4) is 28.1 Å². The number of cyclic esters (lactones) is 1. The number of rotatable bonds is 15. The molecule has 17 nitrogen and oxygen atoms in total. The summed E-state index contributed by atoms with van der Waals surface area (Å²) in [7, 11) is 1.60. The lowest BCUT2D eigenvalue weighted by Crippen LogP contribution is -2.62. The Kier molecular flexibility index (Phi) is 17.5. The highest BCUT2D eigenvalue weighted by Gasteiger charge is 2.62. The van der Waals surface area contributed by atoms with Crippen molar-refractivity contribution in [3.05, 3.63) is 101 Å². The van der Waals surface area contributed by atoms with Crippen LogP contribution in [0.25, 0.3) is 33.3 Å². The molecule has 2 saturated heterocycles. The molecule has 3 aliphatic heterocycles. The first-order valence-corrected chi connectivity index (χ1v) is 31.0. The lowest BCUT2D eigenvalue weighted by molar-refractivity contribution is -0.155. The van der Waals surface area contributed by atoms with Crippen LogP contribution in [0.15, 0.2) is 83.9 Å². The van der Waals surface area contributed by atoms with E-state index < -0.39 is 76.1 Å². The molecule has 0 spiro atoms. The number of ether oxygens (including phenoxy) is 2. The standard InChI is InChI=1S/C65H82N8O9S/c1-11-71-53-27-24-44-34-49(53)50(58(71)48-18-14-28-66-55(48)38(2)3)35-65(7,8)37-81-64(79)51-19-15-29-72(68-51)61(76)52(32-41-30-45(44)33-46(31-41)82-63(78)39(4)5)67-60(75)57(42-16-12-13-17-42)70(10)54(74)36-69(9)62(77)59-56(43-22-23-43)73(59)83(80)47-25-20-40(6)21-26-47/h14,18,20-21,24-28,30-31,33-34,38-39,42-43,51-52,56-57,59,68H,11-13,15-17,19,22-23,29,32,35-37H2,1-10H3,(H,67,75)/t51-,52-,56+,57-,59+,73?,83+/m0/s1. The molecule has 3 aromatic carbocycles. The van der Waals surface area contributed by atoms with Crippen molar-refractivity contribution in [1.29, 1.82) is 0 Å². The molecule has 0 radical (unpaired) electrons. The van der Waals surface area contributed by atoms with E-state index in [4.69, 9.17) is 14.5 Å². The van der Waals surface area contributed by atoms with Crippen LogP contribution >= 0.6 is 0 Å². The van der Waals surface area contributed by atoms with Crippen LogP contribution in [-0.4, -0.2) is 132 Å². The van der Waals surface area contributed by atoms with Gasteiger partial charge in [0.15, 0.2) is 0 Å². The number of aryl methyl sites for hydroxylation is 2. The van der Waals surface area contributed by atoms with E-state index in [1.165, 1.54) is 14.8 Å². The molecule has 5 heterocycles. The van der Waals surface area contributed by atoms with Crippen molar-refractivity contribution in [2.75, 3.05) is 33.8 Å². The van der Waals surface area contributed by atoms with Gasteiger partial charge in [-0.25, -0.2) is 13.9 Å². The Bertz CT molecular complexity index is 3330. The molecule has 10 rings (SSSR count). The largest absolute Gasteiger partial charge is 0.464 e. The maximum atomic E-state index is 15.3. The second-order valence-corrected chi connectivity index (χ2v) is 26.6. The third-order valence-electron chi connectivity index (χ3n) is 17.4. The molecular formula is C65H82N8O9S. The quantitative estimate of drug-likeness (QED) is 0.0579. The summed E-state index contributed by atoms with van der Waals surface area (Å²) in [4.78, 5) is 95.4. The Morgan fingerprint density at radius 1 is 0.916 bits per heavy atom. The van der Waals surface area contributed by atoms with Gasteiger partial charge in [-0.3, -0.25) is 38.8 Å². The van der Waals surface area contributed by atoms with Crippen molar-refractivity contribution in [1.82, 2.24) is 39.4 Å². The number of nitrogens with zero attached hydrogens (tertiary/aromatic N) is 6. The van der Waals surface area contributed by atoms with Gasteiger partial charge in [-0.05, 0) is 147 Å². The lowest BCUT2D eigenvalue weighted by Gasteiger charge is -2.37. The van der Waals surface area contributed by atoms with Gasteiger partial charge in [-0.2, -0.15) is 0 Å². The first kappa shape index (κ1) is 59.4. The summed E-state index contributed by atoms with van der Waals surface area (Å²) < 4.78 is 30.2. The Labute approximate surface area is 490 Å². The summed E-state index contributed by atoms with van der Waals surface area (Å²) in [6.45, 7) is 16.8. The van der Waals surface area contributed by atoms with Gasteiger partial charge in [0, 0.05) is 61.7 Å². The Hall–Kier alpha value is -6.76. The molecule has 2 aliphatic carbocycles. The van der Waals surface area contributed by atoms with E-state index >= 15 is 9.59 Å². The normalized spacial score (nSPS) is 22.7. The zero-order chi connectivity index (χ0) is 59.2. The van der Waals surface area contributed by atoms with Crippen molar-refractivity contribution in [3.63, 3.8) is 0 Å². The second-order valence-electron chi connectivity index (χ2n) is 25.2. The maximum absolute atomic E-state index is 15.3. The van der Waals surface area contributed by atoms with Crippen LogP contribution in [0.2, 0.25) is 0 Å². The number of likely N-dealkylation sites (N-methyl/N-ethyl adjacent to an activating group) is 2. The van der Waals surface area contributed by atoms with E-state index in [-0.39, 0.29) is 61.6 Å². The van der Waals surface area contributed by atoms with Crippen LogP contribution in [-0.2, 0) is 63.9 Å². The van der Waals surface area contributed by atoms with Crippen molar-refractivity contribution in [2.24, 2.45) is 23.2 Å². The third kappa shape index (κ3) is 12.7. The van der Waals surface area contributed by atoms with Gasteiger partial charge in [0.25, 0.3) is 5.91 Å². The molecular weight excluding hydrogens is 1070 g/mol. The molecule has 83 heavy (non-hydrogen) atoms. The fourth-order valence-corrected chi connectivity index (χ4v) is 14.2. The van der Waals surface area contributed by atoms with E-state index in [9.17, 15) is 23.4 Å². The number of hydrazine groups is 1. The van der Waals surface area contributed by atoms with E-state index in [0.717, 1.165) is 75.8 Å². The molecule has 1 unspecified atom stereocenters. The van der Waals surface area contributed by atoms with Crippen LogP contribution in [0.3, 0.4) is 0 Å². The van der Waals surface area contributed by atoms with Crippen LogP contribution in [0.5, 0.6) is 5.75 Å². The Morgan fingerprint density at radius 2 is 1.65 bits per heavy atom. The van der Waals surface area contributed by atoms with Gasteiger partial charge in [-0.1, -0.05) is 84.2 Å². The number of hydrogen-bond acceptors (Lipinski definition) is 11. The van der Waals surface area contributed by atoms with Crippen LogP contribution in [0.1, 0.15) is 128 Å². The first-order chi connectivity index (χ1) is 39.6. The molecule has 7 atom stereocenters. The lowest BCUT2D eigenvalue weighted by atomic mass is 9.83. The van der Waals surface area contributed by atoms with Gasteiger partial charge in [0.05, 0.1) is 41.4 Å². The molecule has 5 aromatic rings. The predicted molar refractivity (Wildman–Crippen MR) is 319 cm³/mol. The van der Waals surface area contributed by atoms with E-state index in [1.54, 1.807) is 38.3 Å². The molecule has 442 valence electrons. The molecule has 2 aromatic heterocycles. The molecule has 2 saturated carbocycles. The second kappa shape index (κ2) is 24.4. The number of benzene rings is 3. The molecule has 2 N–H and O–H groups in total. The van der Waals surface area contributed by atoms with Gasteiger partial charge in [0.1, 0.15) is 40.9 Å². The molecule has 18 heteroatoms. The van der Waals surface area contributed by atoms with E-state index in [2.05, 4.69) is 74.2 Å². The average Bonchev–Trinajstić information content (AvgIpc) is 1.72. The number of amides is 4. The maximum Gasteiger partial charge on any atom is 0.324 e. The number of fused-ring (bicyclic) bond motifs is 6. The van der Waals surface area contributed by atoms with Crippen LogP contribution in [0, 0.1) is 30.1 Å². The van der Waals surface area contributed by atoms with Crippen molar-refractivity contribution >= 4 is 57.5 Å². The highest BCUT2D eigenvalue weighted by molar-refractivity contribution is 7.83. The average molecular weight is 1150 g/mol. The predicted octanol–water partition coefficient (Wildman–Crippen LogP) is 8.69. The van der Waals surface area contributed by atoms with Gasteiger partial charge < -0.3 is 29.2 Å². The number of hydrogen-bond donors (Lipinski definition) is 2. The summed E-state index contributed by atoms with van der Waals surface area (Å²) in [5.41, 5.74) is 11.0. The highest BCUT2D eigenvalue weighted by Crippen LogP contribution is 2.49. The van der Waals surface area contributed by atoms with Crippen molar-refractivity contribution < 1.29 is 42.4 Å². The minimum absolute atomic E-state index is 0.0503. The zero-order valence-electron chi connectivity index (χ0n) is 49.9. The summed E-state index contributed by atoms with van der Waals surface area (Å²) in [5, 5.41) is 5.54. The van der Waals surface area contributed by atoms with Crippen LogP contribution in [0.4, 0.5) is 0 Å². The fraction of sp³-hybridized carbons (Fsp3) is 0.523. The first-order valence-electron chi connectivity index (χ1n) is 29.9. The summed E-state index contributed by atoms with van der Waals surface area (Å²) in [6, 6.07) is 19.5. The SMILES string of the molecule is CCn1c(-c2cccnc2C(C)C)c2c3cc(ccc31)-c1cc(cc(OC(=O)C(C)C)c1)C[C@H](NC(=O)[C@H](C1CCCC1)N(C)C(=O)CN(C)C(=O)[C@H]1[C@@H](C3CC3)N1[S@](=O)c1ccc(C)cc1)C(=O)N1CCC[C@H](N1)C(=O)OCC(C)(C)C2. The number of carbonyl (C=O) groups is 6. The third-order valence-corrected chi connectivity index (χ3v) is 18.9. The minimum Gasteiger partial charge on any atom is -0.464 e. The van der Waals surface area contributed by atoms with Gasteiger partial charge >= 0.3 is 11.9 Å². The fourth-order valence-electron chi connectivity index (χ4n) is 12.8. The van der Waals surface area contributed by atoms with E-state index in [0.29, 0.717) is 49.1 Å². The summed E-state index contributed by atoms with van der Waals surface area (Å²) in [6.07, 6.45) is 8.17. The number of esters is 2. The minimum atomic E-state index is -1.56. The van der Waals surface area contributed by atoms with Gasteiger partial charge in [0.2, 0.25) is 17.7 Å². The van der Waals surface area contributed by atoms with Gasteiger partial charge in [-0.15, -0.1) is 0 Å². The highest BCUT2D eigenvalue weighted by atomic mass is 32.2. The molecule has 4 fully saturated rings. The zero-order valence-corrected chi connectivity index (χ0v) is 50.7. The number of nitrogens with one attached hydrogen (secondary N) is 2. The summed E-state index contributed by atoms with van der Waals surface area (Å²) >= 11 is 0. The summed E-state index contributed by atoms with van der Waals surface area (Å²) in [5.74, 6) is -2.72. The molecule has 4 amide bonds. The topological polar surface area (TPSA) is 193 Å². The van der Waals surface area contributed by atoms with E-state index in [1.807, 2.05) is 55.6 Å². The number of aromatic nitrogens is 2.